The van der Waals surface area contributed by atoms with Crippen molar-refractivity contribution in [2.45, 2.75) is 70.1 Å². The fraction of sp³-hybridized carbons (Fsp3) is 0.700. The minimum atomic E-state index is -1.37. The molecule has 0 bridgehead atoms. The van der Waals surface area contributed by atoms with Gasteiger partial charge >= 0.3 is 11.9 Å². The maximum Gasteiger partial charge on any atom is 0.327 e. The second-order valence-electron chi connectivity index (χ2n) is 8.32. The van der Waals surface area contributed by atoms with Gasteiger partial charge in [0.15, 0.2) is 5.96 Å². The van der Waals surface area contributed by atoms with Gasteiger partial charge < -0.3 is 43.4 Å². The summed E-state index contributed by atoms with van der Waals surface area (Å²) in [5, 5.41) is 25.3. The molecule has 0 aromatic carbocycles. The van der Waals surface area contributed by atoms with Crippen LogP contribution in [0.2, 0.25) is 0 Å². The highest BCUT2D eigenvalue weighted by molar-refractivity contribution is 7.80. The molecule has 0 aliphatic carbocycles. The predicted octanol–water partition coefficient (Wildman–Crippen LogP) is -2.25. The molecular weight excluding hydrogens is 482 g/mol. The molecule has 0 heterocycles. The maximum atomic E-state index is 13.0. The number of aliphatic carboxylic acids is 2. The van der Waals surface area contributed by atoms with E-state index in [9.17, 15) is 24.0 Å². The number of carbonyl (C=O) groups excluding carboxylic acids is 3. The van der Waals surface area contributed by atoms with E-state index < -0.39 is 60.2 Å². The van der Waals surface area contributed by atoms with Crippen LogP contribution in [-0.4, -0.2) is 82.3 Å². The Labute approximate surface area is 209 Å². The van der Waals surface area contributed by atoms with E-state index in [1.165, 1.54) is 0 Å². The van der Waals surface area contributed by atoms with Gasteiger partial charge in [-0.1, -0.05) is 13.8 Å². The Kier molecular flexibility index (Phi) is 15.1. The summed E-state index contributed by atoms with van der Waals surface area (Å²) in [7, 11) is 0. The summed E-state index contributed by atoms with van der Waals surface area (Å²) in [6.45, 7) is 3.94. The minimum absolute atomic E-state index is 0.0877. The Morgan fingerprint density at radius 2 is 1.40 bits per heavy atom. The number of carbonyl (C=O) groups is 5. The van der Waals surface area contributed by atoms with Gasteiger partial charge in [-0.3, -0.25) is 24.2 Å². The quantitative estimate of drug-likeness (QED) is 0.0431. The van der Waals surface area contributed by atoms with E-state index in [0.717, 1.165) is 0 Å². The largest absolute Gasteiger partial charge is 0.481 e. The molecule has 11 N–H and O–H groups in total. The smallest absolute Gasteiger partial charge is 0.327 e. The van der Waals surface area contributed by atoms with Crippen molar-refractivity contribution in [3.63, 3.8) is 0 Å². The minimum Gasteiger partial charge on any atom is -0.481 e. The third-order valence-electron chi connectivity index (χ3n) is 4.72. The zero-order chi connectivity index (χ0) is 27.1. The Hall–Kier alpha value is -3.07. The Bertz CT molecular complexity index is 775. The maximum absolute atomic E-state index is 13.0. The van der Waals surface area contributed by atoms with Gasteiger partial charge in [-0.2, -0.15) is 12.6 Å². The van der Waals surface area contributed by atoms with Crippen LogP contribution in [0.25, 0.3) is 0 Å². The number of nitrogens with one attached hydrogen (secondary N) is 3. The predicted molar refractivity (Wildman–Crippen MR) is 131 cm³/mol. The molecule has 35 heavy (non-hydrogen) atoms. The molecule has 0 aromatic heterocycles. The number of carboxylic acid groups (broad SMARTS) is 2. The van der Waals surface area contributed by atoms with E-state index >= 15 is 0 Å². The van der Waals surface area contributed by atoms with Crippen LogP contribution in [0.4, 0.5) is 0 Å². The topological polar surface area (TPSA) is 252 Å². The van der Waals surface area contributed by atoms with Gasteiger partial charge in [-0.05, 0) is 31.6 Å². The number of hydrogen-bond donors (Lipinski definition) is 9. The lowest BCUT2D eigenvalue weighted by Gasteiger charge is -2.25. The monoisotopic (exact) mass is 519 g/mol. The number of hydrogen-bond acceptors (Lipinski definition) is 8. The lowest BCUT2D eigenvalue weighted by Crippen LogP contribution is -2.57. The molecule has 0 saturated heterocycles. The molecule has 200 valence electrons. The van der Waals surface area contributed by atoms with Gasteiger partial charge in [-0.25, -0.2) is 4.79 Å². The normalized spacial score (nSPS) is 14.2. The highest BCUT2D eigenvalue weighted by atomic mass is 32.1. The zero-order valence-corrected chi connectivity index (χ0v) is 20.8. The first-order valence-corrected chi connectivity index (χ1v) is 11.7. The van der Waals surface area contributed by atoms with Crippen LogP contribution < -0.4 is 33.2 Å². The lowest BCUT2D eigenvalue weighted by molar-refractivity contribution is -0.142. The second kappa shape index (κ2) is 16.5. The number of aliphatic imine (C=N–C) groups is 1. The second-order valence-corrected chi connectivity index (χ2v) is 8.69. The van der Waals surface area contributed by atoms with Crippen molar-refractivity contribution < 1.29 is 34.2 Å². The van der Waals surface area contributed by atoms with Crippen molar-refractivity contribution in [3.05, 3.63) is 0 Å². The first-order valence-electron chi connectivity index (χ1n) is 11.1. The van der Waals surface area contributed by atoms with Crippen LogP contribution >= 0.6 is 12.6 Å². The van der Waals surface area contributed by atoms with Gasteiger partial charge in [0.05, 0.1) is 6.04 Å². The fourth-order valence-electron chi connectivity index (χ4n) is 2.93. The standard InChI is InChI=1S/C20H37N7O7S/c1-10(2)8-11(21)16(30)25-12(4-3-7-24-20(22)23)17(31)26-13(5-6-15(28)29)18(32)27-14(9-35)19(33)34/h10-14,35H,3-9,21H2,1-2H3,(H,25,30)(H,26,31)(H,27,32)(H,28,29)(H,33,34)(H4,22,23,24). The van der Waals surface area contributed by atoms with Crippen LogP contribution in [0, 0.1) is 5.92 Å². The molecule has 0 rings (SSSR count). The van der Waals surface area contributed by atoms with Crippen molar-refractivity contribution in [1.82, 2.24) is 16.0 Å². The Balaban J connectivity index is 5.59. The molecule has 0 aromatic rings. The van der Waals surface area contributed by atoms with Crippen molar-refractivity contribution in [1.29, 1.82) is 0 Å². The summed E-state index contributed by atoms with van der Waals surface area (Å²) >= 11 is 3.86. The highest BCUT2D eigenvalue weighted by Crippen LogP contribution is 2.07. The van der Waals surface area contributed by atoms with Crippen molar-refractivity contribution in [2.24, 2.45) is 28.1 Å². The van der Waals surface area contributed by atoms with Gasteiger partial charge in [-0.15, -0.1) is 0 Å². The van der Waals surface area contributed by atoms with Crippen LogP contribution in [0.5, 0.6) is 0 Å². The van der Waals surface area contributed by atoms with E-state index in [-0.39, 0.29) is 37.0 Å². The molecule has 0 spiro atoms. The molecule has 0 aliphatic rings. The molecule has 0 fully saturated rings. The molecule has 14 nitrogen and oxygen atoms in total. The highest BCUT2D eigenvalue weighted by Gasteiger charge is 2.30. The summed E-state index contributed by atoms with van der Waals surface area (Å²) in [6, 6.07) is -4.73. The van der Waals surface area contributed by atoms with E-state index in [1.54, 1.807) is 0 Å². The number of carboxylic acids is 2. The number of nitrogens with two attached hydrogens (primary N) is 3. The molecule has 0 radical (unpaired) electrons. The van der Waals surface area contributed by atoms with Gasteiger partial charge in [0.1, 0.15) is 18.1 Å². The van der Waals surface area contributed by atoms with Gasteiger partial charge in [0, 0.05) is 18.7 Å². The van der Waals surface area contributed by atoms with Crippen LogP contribution in [0.15, 0.2) is 4.99 Å². The van der Waals surface area contributed by atoms with Crippen LogP contribution in [0.1, 0.15) is 46.0 Å². The summed E-state index contributed by atoms with van der Waals surface area (Å²) in [6.07, 6.45) is -0.0317. The Morgan fingerprint density at radius 1 is 0.886 bits per heavy atom. The summed E-state index contributed by atoms with van der Waals surface area (Å²) in [5.74, 6) is -5.06. The molecule has 15 heteroatoms. The van der Waals surface area contributed by atoms with E-state index in [2.05, 4.69) is 33.6 Å². The first kappa shape index (κ1) is 31.9. The SMILES string of the molecule is CC(C)CC(N)C(=O)NC(CCCN=C(N)N)C(=O)NC(CCC(=O)O)C(=O)NC(CS)C(=O)O. The Morgan fingerprint density at radius 3 is 1.86 bits per heavy atom. The van der Waals surface area contributed by atoms with E-state index in [1.807, 2.05) is 13.8 Å². The van der Waals surface area contributed by atoms with E-state index in [4.69, 9.17) is 27.4 Å². The van der Waals surface area contributed by atoms with Crippen LogP contribution in [-0.2, 0) is 24.0 Å². The zero-order valence-electron chi connectivity index (χ0n) is 19.9. The molecule has 4 unspecified atom stereocenters. The number of amides is 3. The number of nitrogens with zero attached hydrogens (tertiary/aromatic N) is 1. The average molecular weight is 520 g/mol. The molecular formula is C20H37N7O7S. The molecule has 3 amide bonds. The van der Waals surface area contributed by atoms with Crippen molar-refractivity contribution in [2.75, 3.05) is 12.3 Å². The third kappa shape index (κ3) is 14.0. The summed E-state index contributed by atoms with van der Waals surface area (Å²) < 4.78 is 0. The number of rotatable bonds is 17. The fourth-order valence-corrected chi connectivity index (χ4v) is 3.18. The van der Waals surface area contributed by atoms with Crippen molar-refractivity contribution >= 4 is 48.2 Å². The van der Waals surface area contributed by atoms with E-state index in [0.29, 0.717) is 12.8 Å². The summed E-state index contributed by atoms with van der Waals surface area (Å²) in [5.41, 5.74) is 16.5. The summed E-state index contributed by atoms with van der Waals surface area (Å²) in [4.78, 5) is 64.2. The van der Waals surface area contributed by atoms with Gasteiger partial charge in [0.25, 0.3) is 0 Å². The average Bonchev–Trinajstić information content (AvgIpc) is 2.75. The van der Waals surface area contributed by atoms with Crippen molar-refractivity contribution in [3.8, 4) is 0 Å². The third-order valence-corrected chi connectivity index (χ3v) is 5.08. The lowest BCUT2D eigenvalue weighted by atomic mass is 10.0. The molecule has 0 saturated carbocycles. The molecule has 4 atom stereocenters. The van der Waals surface area contributed by atoms with Gasteiger partial charge in [0.2, 0.25) is 17.7 Å². The number of thiol groups is 1. The van der Waals surface area contributed by atoms with Crippen LogP contribution in [0.3, 0.4) is 0 Å². The molecule has 0 aliphatic heterocycles. The number of guanidine groups is 1. The first-order chi connectivity index (χ1) is 16.3.